The minimum absolute atomic E-state index is 1.07. The zero-order chi connectivity index (χ0) is 11.5. The van der Waals surface area contributed by atoms with Crippen LogP contribution in [-0.4, -0.2) is 4.98 Å². The van der Waals surface area contributed by atoms with Crippen LogP contribution in [0.3, 0.4) is 0 Å². The van der Waals surface area contributed by atoms with Gasteiger partial charge in [-0.25, -0.2) is 0 Å². The molecule has 2 rings (SSSR count). The van der Waals surface area contributed by atoms with Crippen LogP contribution in [0, 0.1) is 20.8 Å². The summed E-state index contributed by atoms with van der Waals surface area (Å²) in [5.74, 6) is 0. The number of aryl methyl sites for hydroxylation is 2. The molecule has 0 amide bonds. The van der Waals surface area contributed by atoms with Crippen molar-refractivity contribution in [1.29, 1.82) is 0 Å². The third-order valence-electron chi connectivity index (χ3n) is 2.75. The Morgan fingerprint density at radius 2 is 1.88 bits per heavy atom. The van der Waals surface area contributed by atoms with Gasteiger partial charge in [0.1, 0.15) is 0 Å². The molecule has 2 aromatic rings. The molecule has 0 bridgehead atoms. The summed E-state index contributed by atoms with van der Waals surface area (Å²) >= 11 is 0. The van der Waals surface area contributed by atoms with Crippen LogP contribution in [0.25, 0.3) is 0 Å². The Labute approximate surface area is 96.4 Å². The second kappa shape index (κ2) is 4.35. The normalized spacial score (nSPS) is 10.2. The number of nitrogens with zero attached hydrogens (tertiary/aromatic N) is 1. The number of hydrogen-bond donors (Lipinski definition) is 1. The van der Waals surface area contributed by atoms with E-state index in [0.717, 1.165) is 17.1 Å². The number of anilines is 2. The van der Waals surface area contributed by atoms with Gasteiger partial charge in [0.25, 0.3) is 0 Å². The third kappa shape index (κ3) is 2.22. The van der Waals surface area contributed by atoms with Crippen molar-refractivity contribution in [3.8, 4) is 0 Å². The van der Waals surface area contributed by atoms with Crippen LogP contribution in [0.4, 0.5) is 11.4 Å². The maximum atomic E-state index is 4.26. The highest BCUT2D eigenvalue weighted by Gasteiger charge is 2.01. The van der Waals surface area contributed by atoms with Crippen molar-refractivity contribution < 1.29 is 0 Å². The summed E-state index contributed by atoms with van der Waals surface area (Å²) in [7, 11) is 0. The largest absolute Gasteiger partial charge is 0.355 e. The predicted octanol–water partition coefficient (Wildman–Crippen LogP) is 3.75. The fraction of sp³-hybridized carbons (Fsp3) is 0.214. The van der Waals surface area contributed by atoms with Gasteiger partial charge in [-0.15, -0.1) is 0 Å². The quantitative estimate of drug-likeness (QED) is 0.820. The van der Waals surface area contributed by atoms with E-state index in [1.807, 2.05) is 19.2 Å². The first-order valence-corrected chi connectivity index (χ1v) is 5.43. The summed E-state index contributed by atoms with van der Waals surface area (Å²) < 4.78 is 0. The molecule has 0 spiro atoms. The molecule has 1 N–H and O–H groups in total. The van der Waals surface area contributed by atoms with Crippen molar-refractivity contribution in [1.82, 2.24) is 4.98 Å². The highest BCUT2D eigenvalue weighted by atomic mass is 14.9. The first-order chi connectivity index (χ1) is 7.66. The Kier molecular flexibility index (Phi) is 2.91. The van der Waals surface area contributed by atoms with Gasteiger partial charge in [-0.2, -0.15) is 0 Å². The zero-order valence-electron chi connectivity index (χ0n) is 9.91. The molecule has 82 valence electrons. The van der Waals surface area contributed by atoms with E-state index in [0.29, 0.717) is 0 Å². The summed E-state index contributed by atoms with van der Waals surface area (Å²) in [6.45, 7) is 6.20. The highest BCUT2D eigenvalue weighted by Crippen LogP contribution is 2.21. The van der Waals surface area contributed by atoms with Crippen LogP contribution < -0.4 is 5.32 Å². The average molecular weight is 212 g/mol. The van der Waals surface area contributed by atoms with Crippen molar-refractivity contribution in [3.63, 3.8) is 0 Å². The molecule has 0 aliphatic carbocycles. The van der Waals surface area contributed by atoms with Crippen molar-refractivity contribution in [3.05, 3.63) is 53.3 Å². The van der Waals surface area contributed by atoms with Crippen molar-refractivity contribution >= 4 is 11.4 Å². The molecule has 1 aromatic heterocycles. The van der Waals surface area contributed by atoms with Crippen molar-refractivity contribution in [2.24, 2.45) is 0 Å². The minimum Gasteiger partial charge on any atom is -0.355 e. The summed E-state index contributed by atoms with van der Waals surface area (Å²) in [5.41, 5.74) is 5.77. The van der Waals surface area contributed by atoms with Gasteiger partial charge in [-0.1, -0.05) is 12.1 Å². The molecule has 0 unspecified atom stereocenters. The Balaban J connectivity index is 2.31. The first kappa shape index (κ1) is 10.7. The van der Waals surface area contributed by atoms with E-state index in [4.69, 9.17) is 0 Å². The molecule has 0 saturated carbocycles. The van der Waals surface area contributed by atoms with Crippen LogP contribution in [0.15, 0.2) is 36.5 Å². The number of rotatable bonds is 2. The van der Waals surface area contributed by atoms with Crippen LogP contribution >= 0.6 is 0 Å². The molecule has 16 heavy (non-hydrogen) atoms. The lowest BCUT2D eigenvalue weighted by Gasteiger charge is -2.11. The predicted molar refractivity (Wildman–Crippen MR) is 68.2 cm³/mol. The first-order valence-electron chi connectivity index (χ1n) is 5.43. The van der Waals surface area contributed by atoms with E-state index < -0.39 is 0 Å². The average Bonchev–Trinajstić information content (AvgIpc) is 2.25. The van der Waals surface area contributed by atoms with Crippen LogP contribution in [0.5, 0.6) is 0 Å². The maximum absolute atomic E-state index is 4.26. The lowest BCUT2D eigenvalue weighted by Crippen LogP contribution is -1.96. The van der Waals surface area contributed by atoms with Gasteiger partial charge in [0.15, 0.2) is 0 Å². The van der Waals surface area contributed by atoms with Crippen molar-refractivity contribution in [2.75, 3.05) is 5.32 Å². The maximum Gasteiger partial charge on any atom is 0.0447 e. The van der Waals surface area contributed by atoms with Crippen LogP contribution in [0.1, 0.15) is 16.8 Å². The number of aromatic nitrogens is 1. The number of benzene rings is 1. The van der Waals surface area contributed by atoms with E-state index in [2.05, 4.69) is 48.4 Å². The summed E-state index contributed by atoms with van der Waals surface area (Å²) in [4.78, 5) is 4.26. The molecule has 0 aliphatic heterocycles. The summed E-state index contributed by atoms with van der Waals surface area (Å²) in [6.07, 6.45) is 1.83. The molecule has 1 aromatic carbocycles. The van der Waals surface area contributed by atoms with Gasteiger partial charge in [0.05, 0.1) is 0 Å². The molecule has 1 heterocycles. The smallest absolute Gasteiger partial charge is 0.0447 e. The van der Waals surface area contributed by atoms with E-state index in [1.165, 1.54) is 11.1 Å². The van der Waals surface area contributed by atoms with Gasteiger partial charge in [0, 0.05) is 23.3 Å². The number of nitrogens with one attached hydrogen (secondary N) is 1. The Bertz CT molecular complexity index is 504. The van der Waals surface area contributed by atoms with Gasteiger partial charge in [0.2, 0.25) is 0 Å². The Morgan fingerprint density at radius 3 is 2.62 bits per heavy atom. The highest BCUT2D eigenvalue weighted by molar-refractivity contribution is 5.63. The summed E-state index contributed by atoms with van der Waals surface area (Å²) in [5, 5.41) is 3.41. The monoisotopic (exact) mass is 212 g/mol. The fourth-order valence-corrected chi connectivity index (χ4v) is 1.65. The topological polar surface area (TPSA) is 24.9 Å². The second-order valence-corrected chi connectivity index (χ2v) is 4.06. The van der Waals surface area contributed by atoms with Gasteiger partial charge < -0.3 is 5.32 Å². The lowest BCUT2D eigenvalue weighted by molar-refractivity contribution is 1.15. The molecule has 0 radical (unpaired) electrons. The number of hydrogen-bond acceptors (Lipinski definition) is 2. The van der Waals surface area contributed by atoms with E-state index in [9.17, 15) is 0 Å². The number of pyridine rings is 1. The van der Waals surface area contributed by atoms with E-state index in [-0.39, 0.29) is 0 Å². The van der Waals surface area contributed by atoms with Gasteiger partial charge in [-0.05, 0) is 50.1 Å². The molecular weight excluding hydrogens is 196 g/mol. The fourth-order valence-electron chi connectivity index (χ4n) is 1.65. The van der Waals surface area contributed by atoms with E-state index in [1.54, 1.807) is 0 Å². The van der Waals surface area contributed by atoms with Gasteiger partial charge in [-0.3, -0.25) is 4.98 Å². The van der Waals surface area contributed by atoms with Crippen LogP contribution in [0.2, 0.25) is 0 Å². The third-order valence-corrected chi connectivity index (χ3v) is 2.75. The molecule has 0 aliphatic rings. The molecule has 0 atom stereocenters. The lowest BCUT2D eigenvalue weighted by atomic mass is 10.1. The molecule has 0 fully saturated rings. The SMILES string of the molecule is Cc1cccc(Nc2ccnc(C)c2C)c1. The van der Waals surface area contributed by atoms with E-state index >= 15 is 0 Å². The standard InChI is InChI=1S/C14H16N2/c1-10-5-4-6-13(9-10)16-14-7-8-15-12(3)11(14)2/h4-9H,1-3H3,(H,15,16). The van der Waals surface area contributed by atoms with Crippen LogP contribution in [-0.2, 0) is 0 Å². The van der Waals surface area contributed by atoms with Crippen molar-refractivity contribution in [2.45, 2.75) is 20.8 Å². The zero-order valence-corrected chi connectivity index (χ0v) is 9.91. The van der Waals surface area contributed by atoms with Gasteiger partial charge >= 0.3 is 0 Å². The molecule has 2 nitrogen and oxygen atoms in total. The Morgan fingerprint density at radius 1 is 1.06 bits per heavy atom. The molecule has 0 saturated heterocycles. The second-order valence-electron chi connectivity index (χ2n) is 4.06. The Hall–Kier alpha value is -1.83. The minimum atomic E-state index is 1.07. The molecule has 2 heteroatoms. The molecular formula is C14H16N2. The summed E-state index contributed by atoms with van der Waals surface area (Å²) in [6, 6.07) is 10.4.